The molecule has 2 atom stereocenters. The van der Waals surface area contributed by atoms with Gasteiger partial charge in [0.05, 0.1) is 0 Å². The minimum absolute atomic E-state index is 0.0417. The molecule has 0 aromatic carbocycles. The zero-order valence-corrected chi connectivity index (χ0v) is 12.8. The number of amides is 1. The topological polar surface area (TPSA) is 69.2 Å². The van der Waals surface area contributed by atoms with Gasteiger partial charge in [0.25, 0.3) is 5.91 Å². The van der Waals surface area contributed by atoms with Crippen LogP contribution in [-0.4, -0.2) is 45.3 Å². The number of rotatable bonds is 2. The fraction of sp³-hybridized carbons (Fsp3) is 0.750. The number of likely N-dealkylation sites (tertiary alicyclic amines) is 1. The quantitative estimate of drug-likeness (QED) is 0.818. The van der Waals surface area contributed by atoms with Crippen molar-refractivity contribution in [1.82, 2.24) is 15.1 Å². The highest BCUT2D eigenvalue weighted by molar-refractivity contribution is 5.94. The number of carbonyl (C=O) groups is 1. The average molecular weight is 291 g/mol. The monoisotopic (exact) mass is 291 g/mol. The van der Waals surface area contributed by atoms with Gasteiger partial charge in [-0.2, -0.15) is 5.10 Å². The van der Waals surface area contributed by atoms with Crippen LogP contribution in [0.3, 0.4) is 0 Å². The van der Waals surface area contributed by atoms with Crippen molar-refractivity contribution < 1.29 is 9.90 Å². The molecular weight excluding hydrogens is 266 g/mol. The molecule has 2 heterocycles. The molecule has 0 saturated carbocycles. The zero-order chi connectivity index (χ0) is 14.8. The lowest BCUT2D eigenvalue weighted by molar-refractivity contribution is 0.0482. The molecule has 116 valence electrons. The van der Waals surface area contributed by atoms with E-state index in [2.05, 4.69) is 17.1 Å². The largest absolute Gasteiger partial charge is 0.396 e. The second kappa shape index (κ2) is 6.18. The summed E-state index contributed by atoms with van der Waals surface area (Å²) in [6.07, 6.45) is 7.46. The number of aromatic amines is 1. The number of carbonyl (C=O) groups excluding carboxylic acids is 1. The Hall–Kier alpha value is -1.36. The van der Waals surface area contributed by atoms with Crippen LogP contribution in [0.25, 0.3) is 0 Å². The molecule has 1 saturated heterocycles. The number of nitrogens with one attached hydrogen (secondary N) is 1. The Bertz CT molecular complexity index is 512. The van der Waals surface area contributed by atoms with E-state index in [1.807, 2.05) is 4.90 Å². The number of fused-ring (bicyclic) bond motifs is 1. The normalized spacial score (nSPS) is 26.3. The SMILES string of the molecule is C[C@@H]1CC[C@@H](CO)CN1C(=O)c1n[nH]c2c1CCCCC2. The molecule has 3 rings (SSSR count). The molecule has 1 aliphatic carbocycles. The number of hydrogen-bond acceptors (Lipinski definition) is 3. The summed E-state index contributed by atoms with van der Waals surface area (Å²) in [6.45, 7) is 2.91. The first-order valence-corrected chi connectivity index (χ1v) is 8.18. The van der Waals surface area contributed by atoms with Gasteiger partial charge in [-0.05, 0) is 51.4 Å². The van der Waals surface area contributed by atoms with Crippen LogP contribution < -0.4 is 0 Å². The molecule has 1 aromatic heterocycles. The number of aromatic nitrogens is 2. The van der Waals surface area contributed by atoms with Crippen LogP contribution in [0.1, 0.15) is 60.8 Å². The number of aryl methyl sites for hydroxylation is 1. The number of nitrogens with zero attached hydrogens (tertiary/aromatic N) is 2. The number of hydrogen-bond donors (Lipinski definition) is 2. The van der Waals surface area contributed by atoms with Crippen LogP contribution in [0.5, 0.6) is 0 Å². The third-order valence-corrected chi connectivity index (χ3v) is 5.01. The minimum Gasteiger partial charge on any atom is -0.396 e. The maximum absolute atomic E-state index is 12.9. The third kappa shape index (κ3) is 2.84. The van der Waals surface area contributed by atoms with Gasteiger partial charge in [0.1, 0.15) is 0 Å². The first-order valence-electron chi connectivity index (χ1n) is 8.18. The van der Waals surface area contributed by atoms with Gasteiger partial charge in [0, 0.05) is 30.5 Å². The van der Waals surface area contributed by atoms with E-state index in [0.717, 1.165) is 43.4 Å². The summed E-state index contributed by atoms with van der Waals surface area (Å²) >= 11 is 0. The van der Waals surface area contributed by atoms with E-state index >= 15 is 0 Å². The second-order valence-electron chi connectivity index (χ2n) is 6.52. The molecule has 1 aromatic rings. The first kappa shape index (κ1) is 14.6. The second-order valence-corrected chi connectivity index (χ2v) is 6.52. The van der Waals surface area contributed by atoms with Crippen LogP contribution in [-0.2, 0) is 12.8 Å². The van der Waals surface area contributed by atoms with Crippen molar-refractivity contribution >= 4 is 5.91 Å². The predicted octanol–water partition coefficient (Wildman–Crippen LogP) is 1.91. The van der Waals surface area contributed by atoms with Crippen LogP contribution >= 0.6 is 0 Å². The summed E-state index contributed by atoms with van der Waals surface area (Å²) in [5.74, 6) is 0.253. The van der Waals surface area contributed by atoms with E-state index in [9.17, 15) is 9.90 Å². The Labute approximate surface area is 125 Å². The third-order valence-electron chi connectivity index (χ3n) is 5.01. The highest BCUT2D eigenvalue weighted by Crippen LogP contribution is 2.26. The molecule has 5 heteroatoms. The van der Waals surface area contributed by atoms with Crippen molar-refractivity contribution in [3.8, 4) is 0 Å². The summed E-state index contributed by atoms with van der Waals surface area (Å²) in [4.78, 5) is 14.8. The molecule has 1 fully saturated rings. The fourth-order valence-electron chi connectivity index (χ4n) is 3.58. The summed E-state index contributed by atoms with van der Waals surface area (Å²) in [5, 5.41) is 16.8. The van der Waals surface area contributed by atoms with Crippen molar-refractivity contribution in [1.29, 1.82) is 0 Å². The molecular formula is C16H25N3O2. The minimum atomic E-state index is 0.0417. The maximum atomic E-state index is 12.9. The van der Waals surface area contributed by atoms with Gasteiger partial charge in [-0.25, -0.2) is 0 Å². The zero-order valence-electron chi connectivity index (χ0n) is 12.8. The highest BCUT2D eigenvalue weighted by Gasteiger charge is 2.32. The lowest BCUT2D eigenvalue weighted by Gasteiger charge is -2.37. The van der Waals surface area contributed by atoms with Crippen molar-refractivity contribution in [2.75, 3.05) is 13.2 Å². The highest BCUT2D eigenvalue weighted by atomic mass is 16.3. The summed E-state index contributed by atoms with van der Waals surface area (Å²) in [5.41, 5.74) is 2.91. The lowest BCUT2D eigenvalue weighted by Crippen LogP contribution is -2.46. The van der Waals surface area contributed by atoms with Gasteiger partial charge >= 0.3 is 0 Å². The van der Waals surface area contributed by atoms with Gasteiger partial charge in [0.15, 0.2) is 5.69 Å². The number of H-pyrrole nitrogens is 1. The maximum Gasteiger partial charge on any atom is 0.274 e. The van der Waals surface area contributed by atoms with Crippen molar-refractivity contribution in [2.24, 2.45) is 5.92 Å². The van der Waals surface area contributed by atoms with Crippen molar-refractivity contribution in [3.05, 3.63) is 17.0 Å². The Morgan fingerprint density at radius 1 is 1.33 bits per heavy atom. The molecule has 0 unspecified atom stereocenters. The van der Waals surface area contributed by atoms with E-state index < -0.39 is 0 Å². The van der Waals surface area contributed by atoms with E-state index in [1.165, 1.54) is 12.8 Å². The Morgan fingerprint density at radius 3 is 2.95 bits per heavy atom. The smallest absolute Gasteiger partial charge is 0.274 e. The summed E-state index contributed by atoms with van der Waals surface area (Å²) < 4.78 is 0. The van der Waals surface area contributed by atoms with Gasteiger partial charge in [-0.3, -0.25) is 9.89 Å². The van der Waals surface area contributed by atoms with Crippen LogP contribution in [0, 0.1) is 5.92 Å². The molecule has 2 N–H and O–H groups in total. The van der Waals surface area contributed by atoms with Gasteiger partial charge in [-0.15, -0.1) is 0 Å². The van der Waals surface area contributed by atoms with Gasteiger partial charge < -0.3 is 10.0 Å². The van der Waals surface area contributed by atoms with Gasteiger partial charge in [0.2, 0.25) is 0 Å². The Morgan fingerprint density at radius 2 is 2.14 bits per heavy atom. The summed E-state index contributed by atoms with van der Waals surface area (Å²) in [6, 6.07) is 0.235. The molecule has 1 amide bonds. The molecule has 5 nitrogen and oxygen atoms in total. The standard InChI is InChI=1S/C16H25N3O2/c1-11-7-8-12(10-20)9-19(11)16(21)15-13-5-3-2-4-6-14(13)17-18-15/h11-12,20H,2-10H2,1H3,(H,17,18)/t11-,12-/m1/s1. The number of aliphatic hydroxyl groups excluding tert-OH is 1. The van der Waals surface area contributed by atoms with E-state index in [1.54, 1.807) is 0 Å². The molecule has 1 aliphatic heterocycles. The molecule has 0 radical (unpaired) electrons. The van der Waals surface area contributed by atoms with Crippen molar-refractivity contribution in [2.45, 2.75) is 57.9 Å². The first-order chi connectivity index (χ1) is 10.2. The molecule has 0 spiro atoms. The summed E-state index contributed by atoms with van der Waals surface area (Å²) in [7, 11) is 0. The average Bonchev–Trinajstić information content (AvgIpc) is 2.76. The number of aliphatic hydroxyl groups is 1. The van der Waals surface area contributed by atoms with Crippen LogP contribution in [0.15, 0.2) is 0 Å². The number of piperidine rings is 1. The van der Waals surface area contributed by atoms with E-state index in [-0.39, 0.29) is 24.5 Å². The van der Waals surface area contributed by atoms with Gasteiger partial charge in [-0.1, -0.05) is 6.42 Å². The Kier molecular flexibility index (Phi) is 4.29. The molecule has 21 heavy (non-hydrogen) atoms. The van der Waals surface area contributed by atoms with Crippen molar-refractivity contribution in [3.63, 3.8) is 0 Å². The lowest BCUT2D eigenvalue weighted by atomic mass is 9.93. The van der Waals surface area contributed by atoms with Crippen LogP contribution in [0.4, 0.5) is 0 Å². The molecule has 2 aliphatic rings. The van der Waals surface area contributed by atoms with E-state index in [4.69, 9.17) is 0 Å². The van der Waals surface area contributed by atoms with E-state index in [0.29, 0.717) is 12.2 Å². The predicted molar refractivity (Wildman–Crippen MR) is 80.2 cm³/mol. The van der Waals surface area contributed by atoms with Crippen LogP contribution in [0.2, 0.25) is 0 Å². The Balaban J connectivity index is 1.83. The molecule has 0 bridgehead atoms. The fourth-order valence-corrected chi connectivity index (χ4v) is 3.58.